The molecule has 3 aromatic rings. The number of fused-ring (bicyclic) bond motifs is 1. The van der Waals surface area contributed by atoms with Gasteiger partial charge >= 0.3 is 11.6 Å². The number of amides is 1. The number of carboxylic acids is 1. The first-order valence-electron chi connectivity index (χ1n) is 7.77. The van der Waals surface area contributed by atoms with Crippen LogP contribution < -0.4 is 15.7 Å². The first-order valence-corrected chi connectivity index (χ1v) is 7.77. The Morgan fingerprint density at radius 1 is 1.08 bits per heavy atom. The molecule has 0 aliphatic rings. The summed E-state index contributed by atoms with van der Waals surface area (Å²) in [6.45, 7) is -0.823. The fraction of sp³-hybridized carbons (Fsp3) is 0.105. The van der Waals surface area contributed by atoms with Crippen molar-refractivity contribution in [1.82, 2.24) is 5.32 Å². The van der Waals surface area contributed by atoms with Crippen molar-refractivity contribution in [3.05, 3.63) is 65.0 Å². The van der Waals surface area contributed by atoms with Gasteiger partial charge in [-0.15, -0.1) is 0 Å². The summed E-state index contributed by atoms with van der Waals surface area (Å²) in [6, 6.07) is 15.8. The van der Waals surface area contributed by atoms with Gasteiger partial charge in [0.05, 0.1) is 0 Å². The maximum absolute atomic E-state index is 11.9. The topological polar surface area (TPSA) is 106 Å². The van der Waals surface area contributed by atoms with Gasteiger partial charge in [-0.2, -0.15) is 0 Å². The molecule has 3 rings (SSSR count). The largest absolute Gasteiger partial charge is 0.484 e. The van der Waals surface area contributed by atoms with Crippen LogP contribution in [0.25, 0.3) is 22.1 Å². The second-order valence-electron chi connectivity index (χ2n) is 5.46. The molecule has 1 amide bonds. The number of aliphatic carboxylic acids is 1. The van der Waals surface area contributed by atoms with E-state index in [9.17, 15) is 14.4 Å². The van der Waals surface area contributed by atoms with Crippen molar-refractivity contribution in [2.45, 2.75) is 0 Å². The van der Waals surface area contributed by atoms with Crippen LogP contribution in [0.4, 0.5) is 0 Å². The second-order valence-corrected chi connectivity index (χ2v) is 5.46. The lowest BCUT2D eigenvalue weighted by Gasteiger charge is -2.09. The van der Waals surface area contributed by atoms with Crippen LogP contribution in [0.15, 0.2) is 63.8 Å². The lowest BCUT2D eigenvalue weighted by molar-refractivity contribution is -0.138. The standard InChI is InChI=1S/C19H15NO6/c21-17(20-10-18(22)23)11-25-13-6-7-14-15(12-4-2-1-3-5-12)9-19(24)26-16(14)8-13/h1-9H,10-11H2,(H,20,21)(H,22,23). The molecule has 7 nitrogen and oxygen atoms in total. The summed E-state index contributed by atoms with van der Waals surface area (Å²) in [5.74, 6) is -1.37. The minimum absolute atomic E-state index is 0.330. The van der Waals surface area contributed by atoms with Gasteiger partial charge in [0.25, 0.3) is 5.91 Å². The number of carbonyl (C=O) groups is 2. The maximum atomic E-state index is 11.9. The van der Waals surface area contributed by atoms with Crippen molar-refractivity contribution in [1.29, 1.82) is 0 Å². The number of ether oxygens (including phenoxy) is 1. The van der Waals surface area contributed by atoms with Crippen LogP contribution in [-0.2, 0) is 9.59 Å². The number of nitrogens with one attached hydrogen (secondary N) is 1. The summed E-state index contributed by atoms with van der Waals surface area (Å²) in [5, 5.41) is 11.4. The second kappa shape index (κ2) is 7.52. The van der Waals surface area contributed by atoms with E-state index in [0.29, 0.717) is 11.3 Å². The SMILES string of the molecule is O=C(O)CNC(=O)COc1ccc2c(-c3ccccc3)cc(=O)oc2c1. The van der Waals surface area contributed by atoms with Gasteiger partial charge in [-0.1, -0.05) is 30.3 Å². The van der Waals surface area contributed by atoms with Crippen LogP contribution in [0, 0.1) is 0 Å². The van der Waals surface area contributed by atoms with Gasteiger partial charge in [-0.05, 0) is 23.3 Å². The molecule has 1 heterocycles. The lowest BCUT2D eigenvalue weighted by atomic mass is 10.0. The summed E-state index contributed by atoms with van der Waals surface area (Å²) in [5.41, 5.74) is 1.46. The molecular formula is C19H15NO6. The van der Waals surface area contributed by atoms with E-state index in [-0.39, 0.29) is 6.61 Å². The Morgan fingerprint density at radius 2 is 1.85 bits per heavy atom. The number of hydrogen-bond donors (Lipinski definition) is 2. The molecule has 132 valence electrons. The molecule has 0 atom stereocenters. The average Bonchev–Trinajstić information content (AvgIpc) is 2.64. The molecule has 2 aromatic carbocycles. The fourth-order valence-corrected chi connectivity index (χ4v) is 2.46. The highest BCUT2D eigenvalue weighted by molar-refractivity contribution is 5.93. The fourth-order valence-electron chi connectivity index (χ4n) is 2.46. The molecule has 2 N–H and O–H groups in total. The van der Waals surface area contributed by atoms with Crippen LogP contribution in [-0.4, -0.2) is 30.1 Å². The van der Waals surface area contributed by atoms with Crippen molar-refractivity contribution < 1.29 is 23.8 Å². The van der Waals surface area contributed by atoms with Gasteiger partial charge in [0, 0.05) is 17.5 Å². The van der Waals surface area contributed by atoms with E-state index in [0.717, 1.165) is 16.5 Å². The van der Waals surface area contributed by atoms with Gasteiger partial charge in [0.15, 0.2) is 6.61 Å². The van der Waals surface area contributed by atoms with Gasteiger partial charge in [-0.3, -0.25) is 9.59 Å². The molecule has 0 bridgehead atoms. The maximum Gasteiger partial charge on any atom is 0.336 e. The first kappa shape index (κ1) is 17.2. The Hall–Kier alpha value is -3.61. The average molecular weight is 353 g/mol. The monoisotopic (exact) mass is 353 g/mol. The molecule has 7 heteroatoms. The number of rotatable bonds is 6. The Morgan fingerprint density at radius 3 is 2.58 bits per heavy atom. The molecule has 0 aliphatic carbocycles. The third kappa shape index (κ3) is 4.07. The van der Waals surface area contributed by atoms with Crippen LogP contribution in [0.2, 0.25) is 0 Å². The highest BCUT2D eigenvalue weighted by atomic mass is 16.5. The number of benzene rings is 2. The predicted molar refractivity (Wildman–Crippen MR) is 94.1 cm³/mol. The normalized spacial score (nSPS) is 10.5. The van der Waals surface area contributed by atoms with E-state index in [4.69, 9.17) is 14.3 Å². The van der Waals surface area contributed by atoms with Crippen molar-refractivity contribution in [2.24, 2.45) is 0 Å². The lowest BCUT2D eigenvalue weighted by Crippen LogP contribution is -2.33. The van der Waals surface area contributed by atoms with E-state index < -0.39 is 24.0 Å². The van der Waals surface area contributed by atoms with Crippen LogP contribution >= 0.6 is 0 Å². The Balaban J connectivity index is 1.84. The van der Waals surface area contributed by atoms with Crippen molar-refractivity contribution in [2.75, 3.05) is 13.2 Å². The number of carboxylic acid groups (broad SMARTS) is 1. The van der Waals surface area contributed by atoms with Crippen molar-refractivity contribution in [3.63, 3.8) is 0 Å². The Kier molecular flexibility index (Phi) is 4.98. The summed E-state index contributed by atoms with van der Waals surface area (Å²) in [7, 11) is 0. The summed E-state index contributed by atoms with van der Waals surface area (Å²) >= 11 is 0. The van der Waals surface area contributed by atoms with E-state index in [1.54, 1.807) is 12.1 Å². The Labute approximate surface area is 147 Å². The van der Waals surface area contributed by atoms with E-state index in [2.05, 4.69) is 5.32 Å². The molecule has 0 unspecified atom stereocenters. The van der Waals surface area contributed by atoms with E-state index in [1.807, 2.05) is 30.3 Å². The minimum atomic E-state index is -1.14. The molecule has 0 saturated carbocycles. The summed E-state index contributed by atoms with van der Waals surface area (Å²) in [6.07, 6.45) is 0. The van der Waals surface area contributed by atoms with E-state index >= 15 is 0 Å². The quantitative estimate of drug-likeness (QED) is 0.657. The molecule has 0 saturated heterocycles. The van der Waals surface area contributed by atoms with Crippen molar-refractivity contribution in [3.8, 4) is 16.9 Å². The highest BCUT2D eigenvalue weighted by Crippen LogP contribution is 2.29. The zero-order valence-corrected chi connectivity index (χ0v) is 13.6. The van der Waals surface area contributed by atoms with Crippen LogP contribution in [0.1, 0.15) is 0 Å². The predicted octanol–water partition coefficient (Wildman–Crippen LogP) is 2.04. The number of hydrogen-bond acceptors (Lipinski definition) is 5. The third-order valence-corrected chi connectivity index (χ3v) is 3.61. The molecular weight excluding hydrogens is 338 g/mol. The minimum Gasteiger partial charge on any atom is -0.484 e. The highest BCUT2D eigenvalue weighted by Gasteiger charge is 2.10. The van der Waals surface area contributed by atoms with Crippen LogP contribution in [0.5, 0.6) is 5.75 Å². The molecule has 0 fully saturated rings. The number of carbonyl (C=O) groups excluding carboxylic acids is 1. The summed E-state index contributed by atoms with van der Waals surface area (Å²) in [4.78, 5) is 33.8. The van der Waals surface area contributed by atoms with Crippen LogP contribution in [0.3, 0.4) is 0 Å². The molecule has 26 heavy (non-hydrogen) atoms. The zero-order valence-electron chi connectivity index (χ0n) is 13.6. The van der Waals surface area contributed by atoms with E-state index in [1.165, 1.54) is 12.1 Å². The third-order valence-electron chi connectivity index (χ3n) is 3.61. The molecule has 0 aliphatic heterocycles. The van der Waals surface area contributed by atoms with Gasteiger partial charge < -0.3 is 19.6 Å². The Bertz CT molecular complexity index is 1010. The smallest absolute Gasteiger partial charge is 0.336 e. The van der Waals surface area contributed by atoms with Gasteiger partial charge in [0.2, 0.25) is 0 Å². The summed E-state index contributed by atoms with van der Waals surface area (Å²) < 4.78 is 10.6. The molecule has 0 radical (unpaired) electrons. The van der Waals surface area contributed by atoms with Crippen molar-refractivity contribution >= 4 is 22.8 Å². The molecule has 0 spiro atoms. The first-order chi connectivity index (χ1) is 12.5. The molecule has 1 aromatic heterocycles. The van der Waals surface area contributed by atoms with Gasteiger partial charge in [-0.25, -0.2) is 4.79 Å². The zero-order chi connectivity index (χ0) is 18.5. The van der Waals surface area contributed by atoms with Gasteiger partial charge in [0.1, 0.15) is 17.9 Å².